The minimum absolute atomic E-state index is 0.0180. The number of aliphatic hydroxyl groups is 1. The van der Waals surface area contributed by atoms with E-state index in [1.54, 1.807) is 31.2 Å². The van der Waals surface area contributed by atoms with E-state index in [4.69, 9.17) is 9.47 Å². The second-order valence-corrected chi connectivity index (χ2v) is 11.1. The number of rotatable bonds is 10. The summed E-state index contributed by atoms with van der Waals surface area (Å²) in [5, 5.41) is 23.0. The Bertz CT molecular complexity index is 1860. The van der Waals surface area contributed by atoms with Gasteiger partial charge in [-0.05, 0) is 49.2 Å². The maximum atomic E-state index is 13.5. The molecule has 1 unspecified atom stereocenters. The van der Waals surface area contributed by atoms with Gasteiger partial charge in [-0.1, -0.05) is 66.0 Å². The number of ketones is 1. The van der Waals surface area contributed by atoms with Crippen LogP contribution in [0, 0.1) is 24.0 Å². The lowest BCUT2D eigenvalue weighted by Gasteiger charge is -2.22. The Labute approximate surface area is 261 Å². The SMILES string of the molecule is C=CCOC(=O)c1sc(N2C(=O)C(=O)/C(=C(/O)c3ccc(OCc4cccc(C)c4)cc3)C2c2cccc([N+](=O)[O-])c2)nc1C. The fraction of sp³-hybridized carbons (Fsp3) is 0.152. The van der Waals surface area contributed by atoms with Crippen LogP contribution in [0.1, 0.15) is 43.7 Å². The molecule has 2 heterocycles. The third-order valence-electron chi connectivity index (χ3n) is 6.97. The monoisotopic (exact) mass is 625 g/mol. The highest BCUT2D eigenvalue weighted by Crippen LogP contribution is 2.44. The number of carbonyl (C=O) groups is 3. The molecule has 1 atom stereocenters. The number of anilines is 1. The lowest BCUT2D eigenvalue weighted by atomic mass is 9.95. The van der Waals surface area contributed by atoms with Gasteiger partial charge in [0.25, 0.3) is 11.5 Å². The van der Waals surface area contributed by atoms with Crippen molar-refractivity contribution in [2.24, 2.45) is 0 Å². The Morgan fingerprint density at radius 3 is 2.53 bits per heavy atom. The highest BCUT2D eigenvalue weighted by Gasteiger charge is 2.48. The lowest BCUT2D eigenvalue weighted by molar-refractivity contribution is -0.384. The smallest absolute Gasteiger partial charge is 0.350 e. The van der Waals surface area contributed by atoms with Gasteiger partial charge in [0.2, 0.25) is 0 Å². The van der Waals surface area contributed by atoms with Crippen LogP contribution in [0.4, 0.5) is 10.8 Å². The van der Waals surface area contributed by atoms with Gasteiger partial charge < -0.3 is 14.6 Å². The first-order valence-corrected chi connectivity index (χ1v) is 14.5. The van der Waals surface area contributed by atoms with Crippen LogP contribution in [0.25, 0.3) is 5.76 Å². The van der Waals surface area contributed by atoms with Gasteiger partial charge in [-0.3, -0.25) is 24.6 Å². The van der Waals surface area contributed by atoms with Crippen LogP contribution in [-0.4, -0.2) is 39.3 Å². The summed E-state index contributed by atoms with van der Waals surface area (Å²) < 4.78 is 11.0. The Hall–Kier alpha value is -5.62. The average molecular weight is 626 g/mol. The van der Waals surface area contributed by atoms with Crippen LogP contribution in [-0.2, 0) is 20.9 Å². The van der Waals surface area contributed by atoms with Crippen molar-refractivity contribution in [2.45, 2.75) is 26.5 Å². The van der Waals surface area contributed by atoms with E-state index in [2.05, 4.69) is 11.6 Å². The van der Waals surface area contributed by atoms with Crippen molar-refractivity contribution < 1.29 is 33.9 Å². The number of aromatic nitrogens is 1. The number of benzene rings is 3. The quantitative estimate of drug-likeness (QED) is 0.0412. The van der Waals surface area contributed by atoms with Gasteiger partial charge in [0, 0.05) is 17.7 Å². The first-order chi connectivity index (χ1) is 21.6. The molecular weight excluding hydrogens is 598 g/mol. The van der Waals surface area contributed by atoms with Gasteiger partial charge >= 0.3 is 11.9 Å². The van der Waals surface area contributed by atoms with E-state index in [1.807, 2.05) is 31.2 Å². The van der Waals surface area contributed by atoms with Gasteiger partial charge in [0.15, 0.2) is 5.13 Å². The zero-order valence-corrected chi connectivity index (χ0v) is 25.1. The molecule has 228 valence electrons. The summed E-state index contributed by atoms with van der Waals surface area (Å²) in [7, 11) is 0. The standard InChI is InChI=1S/C33H27N3O8S/c1-4-15-43-32(40)30-20(3)34-33(45-30)35-27(23-9-6-10-24(17-23)36(41)42)26(29(38)31(35)39)28(37)22-11-13-25(14-12-22)44-18-21-8-5-7-19(2)16-21/h4-14,16-17,27,37H,1,15,18H2,2-3H3/b28-26+. The number of Topliss-reactive ketones (excluding diaryl/α,β-unsaturated/α-hetero) is 1. The minimum Gasteiger partial charge on any atom is -0.507 e. The number of ether oxygens (including phenoxy) is 2. The number of hydrogen-bond acceptors (Lipinski definition) is 10. The van der Waals surface area contributed by atoms with Gasteiger partial charge in [-0.2, -0.15) is 0 Å². The molecule has 0 bridgehead atoms. The molecule has 12 heteroatoms. The summed E-state index contributed by atoms with van der Waals surface area (Å²) >= 11 is 0.824. The maximum absolute atomic E-state index is 13.5. The van der Waals surface area contributed by atoms with E-state index in [0.717, 1.165) is 27.4 Å². The van der Waals surface area contributed by atoms with E-state index >= 15 is 0 Å². The van der Waals surface area contributed by atoms with Gasteiger partial charge in [0.05, 0.1) is 22.2 Å². The van der Waals surface area contributed by atoms with Crippen LogP contribution >= 0.6 is 11.3 Å². The second-order valence-electron chi connectivity index (χ2n) is 10.1. The zero-order valence-electron chi connectivity index (χ0n) is 24.3. The van der Waals surface area contributed by atoms with Crippen molar-refractivity contribution in [1.82, 2.24) is 4.98 Å². The van der Waals surface area contributed by atoms with E-state index in [0.29, 0.717) is 12.4 Å². The van der Waals surface area contributed by atoms with Crippen LogP contribution in [0.3, 0.4) is 0 Å². The molecule has 1 aromatic heterocycles. The molecule has 5 rings (SSSR count). The van der Waals surface area contributed by atoms with Crippen LogP contribution in [0.2, 0.25) is 0 Å². The Morgan fingerprint density at radius 1 is 1.11 bits per heavy atom. The molecule has 0 spiro atoms. The summed E-state index contributed by atoms with van der Waals surface area (Å²) in [5.41, 5.74) is 2.17. The molecule has 3 aromatic carbocycles. The number of nitro benzene ring substituents is 1. The third kappa shape index (κ3) is 6.36. The molecule has 0 saturated carbocycles. The van der Waals surface area contributed by atoms with Gasteiger partial charge in [0.1, 0.15) is 29.6 Å². The zero-order chi connectivity index (χ0) is 32.2. The van der Waals surface area contributed by atoms with E-state index < -0.39 is 34.4 Å². The topological polar surface area (TPSA) is 149 Å². The fourth-order valence-electron chi connectivity index (χ4n) is 4.86. The molecule has 1 aliphatic rings. The predicted octanol–water partition coefficient (Wildman–Crippen LogP) is 6.22. The number of thiazole rings is 1. The number of hydrogen-bond donors (Lipinski definition) is 1. The minimum atomic E-state index is -1.29. The van der Waals surface area contributed by atoms with Crippen molar-refractivity contribution in [3.05, 3.63) is 134 Å². The number of esters is 1. The number of carbonyl (C=O) groups excluding carboxylic acids is 3. The first-order valence-electron chi connectivity index (χ1n) is 13.7. The lowest BCUT2D eigenvalue weighted by Crippen LogP contribution is -2.29. The largest absolute Gasteiger partial charge is 0.507 e. The summed E-state index contributed by atoms with van der Waals surface area (Å²) in [4.78, 5) is 56.2. The molecule has 1 aliphatic heterocycles. The van der Waals surface area contributed by atoms with E-state index in [9.17, 15) is 29.6 Å². The van der Waals surface area contributed by atoms with Crippen molar-refractivity contribution >= 4 is 45.6 Å². The fourth-order valence-corrected chi connectivity index (χ4v) is 5.85. The Balaban J connectivity index is 1.55. The van der Waals surface area contributed by atoms with Crippen molar-refractivity contribution in [3.8, 4) is 5.75 Å². The van der Waals surface area contributed by atoms with E-state index in [1.165, 1.54) is 30.3 Å². The molecule has 0 radical (unpaired) electrons. The molecule has 11 nitrogen and oxygen atoms in total. The summed E-state index contributed by atoms with van der Waals surface area (Å²) in [6, 6.07) is 18.3. The normalized spacial score (nSPS) is 15.6. The van der Waals surface area contributed by atoms with Crippen LogP contribution in [0.15, 0.2) is 91.0 Å². The maximum Gasteiger partial charge on any atom is 0.350 e. The van der Waals surface area contributed by atoms with Crippen LogP contribution < -0.4 is 9.64 Å². The molecule has 0 aliphatic carbocycles. The Kier molecular flexibility index (Phi) is 8.86. The molecular formula is C33H27N3O8S. The number of aryl methyl sites for hydroxylation is 2. The van der Waals surface area contributed by atoms with Gasteiger partial charge in [-0.15, -0.1) is 0 Å². The highest BCUT2D eigenvalue weighted by atomic mass is 32.1. The number of nitrogens with zero attached hydrogens (tertiary/aromatic N) is 3. The van der Waals surface area contributed by atoms with Crippen molar-refractivity contribution in [2.75, 3.05) is 11.5 Å². The molecule has 1 saturated heterocycles. The molecule has 1 N–H and O–H groups in total. The molecule has 1 amide bonds. The van der Waals surface area contributed by atoms with Crippen LogP contribution in [0.5, 0.6) is 5.75 Å². The number of amides is 1. The average Bonchev–Trinajstić information content (AvgIpc) is 3.54. The predicted molar refractivity (Wildman–Crippen MR) is 167 cm³/mol. The van der Waals surface area contributed by atoms with Gasteiger partial charge in [-0.25, -0.2) is 9.78 Å². The number of non-ortho nitro benzene ring substituents is 1. The molecule has 1 fully saturated rings. The Morgan fingerprint density at radius 2 is 1.84 bits per heavy atom. The highest BCUT2D eigenvalue weighted by molar-refractivity contribution is 7.17. The second kappa shape index (κ2) is 12.9. The summed E-state index contributed by atoms with van der Waals surface area (Å²) in [6.07, 6.45) is 1.40. The molecule has 4 aromatic rings. The summed E-state index contributed by atoms with van der Waals surface area (Å²) in [6.45, 7) is 7.32. The van der Waals surface area contributed by atoms with Crippen molar-refractivity contribution in [1.29, 1.82) is 0 Å². The number of nitro groups is 1. The first kappa shape index (κ1) is 30.8. The number of aliphatic hydroxyl groups excluding tert-OH is 1. The molecule has 45 heavy (non-hydrogen) atoms. The third-order valence-corrected chi connectivity index (χ3v) is 8.10. The van der Waals surface area contributed by atoms with Crippen molar-refractivity contribution in [3.63, 3.8) is 0 Å². The van der Waals surface area contributed by atoms with E-state index in [-0.39, 0.29) is 44.7 Å². The summed E-state index contributed by atoms with van der Waals surface area (Å²) in [5.74, 6) is -2.71.